The number of carbonyl (C=O) groups excluding carboxylic acids is 2. The van der Waals surface area contributed by atoms with E-state index in [-0.39, 0.29) is 36.0 Å². The average Bonchev–Trinajstić information content (AvgIpc) is 2.61. The molecular formula is C17H20F6N4O3. The first-order valence-corrected chi connectivity index (χ1v) is 8.79. The molecule has 0 saturated carbocycles. The molecule has 0 aromatic heterocycles. The summed E-state index contributed by atoms with van der Waals surface area (Å²) in [6.07, 6.45) is -7.96. The molecule has 13 heteroatoms. The molecule has 0 bridgehead atoms. The first-order chi connectivity index (χ1) is 14.0. The molecule has 7 nitrogen and oxygen atoms in total. The number of ether oxygens (including phenoxy) is 1. The van der Waals surface area contributed by atoms with E-state index in [1.165, 1.54) is 12.1 Å². The highest BCUT2D eigenvalue weighted by atomic mass is 19.4. The van der Waals surface area contributed by atoms with Crippen molar-refractivity contribution in [3.05, 3.63) is 24.0 Å². The van der Waals surface area contributed by atoms with E-state index in [4.69, 9.17) is 10.5 Å². The van der Waals surface area contributed by atoms with Gasteiger partial charge in [0.15, 0.2) is 0 Å². The molecule has 1 atom stereocenters. The molecule has 30 heavy (non-hydrogen) atoms. The predicted molar refractivity (Wildman–Crippen MR) is 94.7 cm³/mol. The first kappa shape index (κ1) is 23.9. The molecule has 1 saturated heterocycles. The fraction of sp³-hybridized carbons (Fsp3) is 0.529. The Bertz CT molecular complexity index is 761. The van der Waals surface area contributed by atoms with Gasteiger partial charge < -0.3 is 20.7 Å². The number of hydrogen-bond acceptors (Lipinski definition) is 5. The molecule has 2 rings (SSSR count). The van der Waals surface area contributed by atoms with Gasteiger partial charge in [0.1, 0.15) is 18.5 Å². The Morgan fingerprint density at radius 2 is 2.03 bits per heavy atom. The van der Waals surface area contributed by atoms with Crippen molar-refractivity contribution >= 4 is 23.2 Å². The smallest absolute Gasteiger partial charge is 0.370 e. The number of amides is 2. The van der Waals surface area contributed by atoms with Crippen LogP contribution in [0.5, 0.6) is 0 Å². The Hall–Kier alpha value is -2.38. The number of carbonyl (C=O) groups is 2. The van der Waals surface area contributed by atoms with Crippen LogP contribution in [0.1, 0.15) is 0 Å². The molecule has 1 aromatic rings. The maximum atomic E-state index is 14.4. The number of halogens is 6. The third-order valence-electron chi connectivity index (χ3n) is 4.21. The van der Waals surface area contributed by atoms with E-state index in [0.717, 1.165) is 11.0 Å². The van der Waals surface area contributed by atoms with Gasteiger partial charge in [0.05, 0.1) is 25.4 Å². The highest BCUT2D eigenvalue weighted by molar-refractivity contribution is 5.97. The number of alkyl halides is 5. The van der Waals surface area contributed by atoms with Crippen LogP contribution >= 0.6 is 0 Å². The Morgan fingerprint density at radius 1 is 1.33 bits per heavy atom. The molecule has 2 amide bonds. The number of anilines is 2. The summed E-state index contributed by atoms with van der Waals surface area (Å²) >= 11 is 0. The van der Waals surface area contributed by atoms with Gasteiger partial charge in [0.25, 0.3) is 12.3 Å². The van der Waals surface area contributed by atoms with E-state index in [9.17, 15) is 35.9 Å². The number of nitrogens with one attached hydrogen (secondary N) is 1. The van der Waals surface area contributed by atoms with Crippen LogP contribution in [-0.4, -0.2) is 74.8 Å². The molecule has 1 aliphatic rings. The quantitative estimate of drug-likeness (QED) is 0.597. The number of morpholine rings is 1. The fourth-order valence-electron chi connectivity index (χ4n) is 2.93. The highest BCUT2D eigenvalue weighted by Crippen LogP contribution is 2.25. The van der Waals surface area contributed by atoms with Gasteiger partial charge in [0.2, 0.25) is 5.91 Å². The Kier molecular flexibility index (Phi) is 8.03. The zero-order valence-electron chi connectivity index (χ0n) is 15.6. The number of hydrogen-bond donors (Lipinski definition) is 2. The standard InChI is InChI=1S/C17H20F6N4O3/c18-11-5-10(1-2-12(11)27-3-4-30-8-15(27)28)25-16(29)13(6-24)26(7-14(19)20)9-17(21,22)23/h1-2,5,13-14H,3-4,6-9,24H2,(H,25,29)/t13-/m1/s1. The van der Waals surface area contributed by atoms with Gasteiger partial charge in [-0.05, 0) is 18.2 Å². The fourth-order valence-corrected chi connectivity index (χ4v) is 2.93. The van der Waals surface area contributed by atoms with Crippen molar-refractivity contribution in [1.82, 2.24) is 4.90 Å². The van der Waals surface area contributed by atoms with Crippen molar-refractivity contribution in [3.8, 4) is 0 Å². The van der Waals surface area contributed by atoms with Crippen molar-refractivity contribution in [1.29, 1.82) is 0 Å². The Morgan fingerprint density at radius 3 is 2.57 bits per heavy atom. The van der Waals surface area contributed by atoms with Crippen molar-refractivity contribution in [2.75, 3.05) is 49.6 Å². The second-order valence-electron chi connectivity index (χ2n) is 6.44. The largest absolute Gasteiger partial charge is 0.401 e. The van der Waals surface area contributed by atoms with E-state index >= 15 is 0 Å². The topological polar surface area (TPSA) is 87.9 Å². The van der Waals surface area contributed by atoms with Crippen LogP contribution in [0.15, 0.2) is 18.2 Å². The minimum Gasteiger partial charge on any atom is -0.370 e. The predicted octanol–water partition coefficient (Wildman–Crippen LogP) is 1.58. The molecule has 0 unspecified atom stereocenters. The van der Waals surface area contributed by atoms with Crippen LogP contribution in [0.2, 0.25) is 0 Å². The van der Waals surface area contributed by atoms with E-state index in [1.807, 2.05) is 0 Å². The monoisotopic (exact) mass is 442 g/mol. The van der Waals surface area contributed by atoms with Crippen molar-refractivity contribution in [2.45, 2.75) is 18.6 Å². The van der Waals surface area contributed by atoms with Gasteiger partial charge in [-0.2, -0.15) is 13.2 Å². The normalized spacial score (nSPS) is 16.3. The summed E-state index contributed by atoms with van der Waals surface area (Å²) in [5.41, 5.74) is 5.15. The lowest BCUT2D eigenvalue weighted by Gasteiger charge is -2.30. The molecule has 3 N–H and O–H groups in total. The minimum atomic E-state index is -4.83. The lowest BCUT2D eigenvalue weighted by Crippen LogP contribution is -2.53. The lowest BCUT2D eigenvalue weighted by molar-refractivity contribution is -0.157. The number of nitrogens with two attached hydrogens (primary N) is 1. The number of nitrogens with zero attached hydrogens (tertiary/aromatic N) is 2. The van der Waals surface area contributed by atoms with E-state index in [1.54, 1.807) is 0 Å². The number of rotatable bonds is 8. The SMILES string of the molecule is NC[C@H](C(=O)Nc1ccc(N2CCOCC2=O)c(F)c1)N(CC(F)F)CC(F)(F)F. The molecule has 168 valence electrons. The van der Waals surface area contributed by atoms with Gasteiger partial charge in [-0.15, -0.1) is 0 Å². The van der Waals surface area contributed by atoms with Gasteiger partial charge >= 0.3 is 6.18 Å². The maximum absolute atomic E-state index is 14.4. The third kappa shape index (κ3) is 6.57. The summed E-state index contributed by atoms with van der Waals surface area (Å²) in [6.45, 7) is -3.63. The lowest BCUT2D eigenvalue weighted by atomic mass is 10.2. The molecule has 0 spiro atoms. The van der Waals surface area contributed by atoms with Gasteiger partial charge in [-0.3, -0.25) is 14.5 Å². The zero-order valence-corrected chi connectivity index (χ0v) is 15.6. The second-order valence-corrected chi connectivity index (χ2v) is 6.44. The molecule has 1 aromatic carbocycles. The number of benzene rings is 1. The molecule has 1 fully saturated rings. The molecular weight excluding hydrogens is 422 g/mol. The van der Waals surface area contributed by atoms with E-state index in [0.29, 0.717) is 0 Å². The zero-order chi connectivity index (χ0) is 22.5. The summed E-state index contributed by atoms with van der Waals surface area (Å²) in [4.78, 5) is 25.5. The summed E-state index contributed by atoms with van der Waals surface area (Å²) in [5, 5.41) is 2.17. The van der Waals surface area contributed by atoms with E-state index in [2.05, 4.69) is 5.32 Å². The molecule has 0 radical (unpaired) electrons. The second kappa shape index (κ2) is 10.1. The van der Waals surface area contributed by atoms with Crippen LogP contribution in [-0.2, 0) is 14.3 Å². The van der Waals surface area contributed by atoms with Crippen molar-refractivity contribution in [3.63, 3.8) is 0 Å². The van der Waals surface area contributed by atoms with Crippen LogP contribution in [0.25, 0.3) is 0 Å². The Labute approximate surface area is 167 Å². The van der Waals surface area contributed by atoms with Crippen molar-refractivity contribution in [2.24, 2.45) is 5.73 Å². The van der Waals surface area contributed by atoms with Gasteiger partial charge in [0, 0.05) is 18.8 Å². The summed E-state index contributed by atoms with van der Waals surface area (Å²) in [7, 11) is 0. The summed E-state index contributed by atoms with van der Waals surface area (Å²) in [5.74, 6) is -2.43. The Balaban J connectivity index is 2.15. The highest BCUT2D eigenvalue weighted by Gasteiger charge is 2.37. The molecule has 1 aliphatic heterocycles. The van der Waals surface area contributed by atoms with Crippen LogP contribution in [0.3, 0.4) is 0 Å². The molecule has 0 aliphatic carbocycles. The minimum absolute atomic E-state index is 0.0620. The third-order valence-corrected chi connectivity index (χ3v) is 4.21. The van der Waals surface area contributed by atoms with E-state index < -0.39 is 55.9 Å². The van der Waals surface area contributed by atoms with Crippen LogP contribution in [0.4, 0.5) is 37.7 Å². The summed E-state index contributed by atoms with van der Waals surface area (Å²) in [6, 6.07) is 1.58. The van der Waals surface area contributed by atoms with Crippen molar-refractivity contribution < 1.29 is 40.7 Å². The average molecular weight is 442 g/mol. The van der Waals surface area contributed by atoms with Gasteiger partial charge in [-0.25, -0.2) is 13.2 Å². The maximum Gasteiger partial charge on any atom is 0.401 e. The molecule has 1 heterocycles. The van der Waals surface area contributed by atoms with Gasteiger partial charge in [-0.1, -0.05) is 0 Å². The van der Waals surface area contributed by atoms with Crippen LogP contribution in [0, 0.1) is 5.82 Å². The first-order valence-electron chi connectivity index (χ1n) is 8.79. The summed E-state index contributed by atoms with van der Waals surface area (Å²) < 4.78 is 82.8. The van der Waals surface area contributed by atoms with Crippen LogP contribution < -0.4 is 16.0 Å².